The van der Waals surface area contributed by atoms with Gasteiger partial charge in [-0.05, 0) is 35.4 Å². The predicted molar refractivity (Wildman–Crippen MR) is 120 cm³/mol. The summed E-state index contributed by atoms with van der Waals surface area (Å²) < 4.78 is 37.0. The second-order valence-electron chi connectivity index (χ2n) is 7.35. The van der Waals surface area contributed by atoms with Crippen LogP contribution in [0.3, 0.4) is 0 Å². The van der Waals surface area contributed by atoms with Crippen LogP contribution < -0.4 is 14.8 Å². The van der Waals surface area contributed by atoms with E-state index in [0.717, 1.165) is 11.1 Å². The van der Waals surface area contributed by atoms with E-state index in [1.54, 1.807) is 24.3 Å². The van der Waals surface area contributed by atoms with Crippen molar-refractivity contribution < 1.29 is 27.5 Å². The van der Waals surface area contributed by atoms with Crippen LogP contribution in [-0.2, 0) is 28.0 Å². The van der Waals surface area contributed by atoms with E-state index >= 15 is 0 Å². The van der Waals surface area contributed by atoms with Gasteiger partial charge in [-0.2, -0.15) is 0 Å². The molecule has 0 saturated carbocycles. The van der Waals surface area contributed by atoms with Crippen molar-refractivity contribution in [3.05, 3.63) is 89.5 Å². The molecule has 2 amide bonds. The van der Waals surface area contributed by atoms with Crippen molar-refractivity contribution in [3.8, 4) is 11.5 Å². The largest absolute Gasteiger partial charge is 0.493 e. The second-order valence-corrected chi connectivity index (χ2v) is 9.18. The van der Waals surface area contributed by atoms with Crippen molar-refractivity contribution in [2.24, 2.45) is 0 Å². The summed E-state index contributed by atoms with van der Waals surface area (Å²) in [5, 5.41) is 2.65. The number of methoxy groups -OCH3 is 1. The quantitative estimate of drug-likeness (QED) is 0.548. The van der Waals surface area contributed by atoms with E-state index in [1.807, 2.05) is 30.3 Å². The van der Waals surface area contributed by atoms with Gasteiger partial charge in [0, 0.05) is 6.54 Å². The number of hydrogen-bond acceptors (Lipinski definition) is 6. The van der Waals surface area contributed by atoms with Gasteiger partial charge in [-0.1, -0.05) is 48.5 Å². The van der Waals surface area contributed by atoms with Crippen LogP contribution in [0.5, 0.6) is 11.5 Å². The Morgan fingerprint density at radius 3 is 2.39 bits per heavy atom. The van der Waals surface area contributed by atoms with Gasteiger partial charge in [0.1, 0.15) is 18.0 Å². The Bertz CT molecular complexity index is 1290. The van der Waals surface area contributed by atoms with Crippen LogP contribution in [-0.4, -0.2) is 38.2 Å². The van der Waals surface area contributed by atoms with Gasteiger partial charge in [0.05, 0.1) is 12.7 Å². The van der Waals surface area contributed by atoms with Crippen LogP contribution in [0.25, 0.3) is 0 Å². The fourth-order valence-corrected chi connectivity index (χ4v) is 4.98. The minimum absolute atomic E-state index is 0.0705. The summed E-state index contributed by atoms with van der Waals surface area (Å²) in [5.74, 6) is -0.237. The Morgan fingerprint density at radius 2 is 1.67 bits per heavy atom. The topological polar surface area (TPSA) is 102 Å². The molecule has 0 aliphatic carbocycles. The van der Waals surface area contributed by atoms with E-state index in [1.165, 1.54) is 25.3 Å². The van der Waals surface area contributed by atoms with Gasteiger partial charge in [-0.25, -0.2) is 12.7 Å². The zero-order valence-corrected chi connectivity index (χ0v) is 18.7. The normalized spacial score (nSPS) is 14.0. The highest BCUT2D eigenvalue weighted by atomic mass is 32.2. The maximum atomic E-state index is 12.6. The first-order valence-corrected chi connectivity index (χ1v) is 11.6. The van der Waals surface area contributed by atoms with E-state index < -0.39 is 28.4 Å². The van der Waals surface area contributed by atoms with Gasteiger partial charge in [-0.15, -0.1) is 0 Å². The molecular weight excluding hydrogens is 444 g/mol. The molecule has 4 rings (SSSR count). The molecule has 8 nitrogen and oxygen atoms in total. The third kappa shape index (κ3) is 4.68. The fourth-order valence-electron chi connectivity index (χ4n) is 3.45. The molecule has 170 valence electrons. The molecule has 1 heterocycles. The lowest BCUT2D eigenvalue weighted by Gasteiger charge is -2.15. The molecule has 1 N–H and O–H groups in total. The first-order chi connectivity index (χ1) is 15.9. The summed E-state index contributed by atoms with van der Waals surface area (Å²) in [6.45, 7) is -0.0809. The monoisotopic (exact) mass is 466 g/mol. The van der Waals surface area contributed by atoms with E-state index in [-0.39, 0.29) is 17.0 Å². The number of carbonyl (C=O) groups is 2. The van der Waals surface area contributed by atoms with Gasteiger partial charge in [-0.3, -0.25) is 9.59 Å². The third-order valence-corrected chi connectivity index (χ3v) is 6.94. The Balaban J connectivity index is 1.37. The Hall–Kier alpha value is -3.85. The van der Waals surface area contributed by atoms with Gasteiger partial charge < -0.3 is 14.8 Å². The highest BCUT2D eigenvalue weighted by Crippen LogP contribution is 2.30. The molecule has 0 atom stereocenters. The van der Waals surface area contributed by atoms with Gasteiger partial charge in [0.2, 0.25) is 5.91 Å². The van der Waals surface area contributed by atoms with Crippen LogP contribution >= 0.6 is 0 Å². The molecule has 0 aromatic heterocycles. The smallest absolute Gasteiger partial charge is 0.269 e. The summed E-state index contributed by atoms with van der Waals surface area (Å²) in [4.78, 5) is 24.8. The lowest BCUT2D eigenvalue weighted by molar-refractivity contribution is -0.121. The number of carbonyl (C=O) groups excluding carboxylic acids is 2. The number of nitrogens with zero attached hydrogens (tertiary/aromatic N) is 1. The maximum Gasteiger partial charge on any atom is 0.269 e. The lowest BCUT2D eigenvalue weighted by Crippen LogP contribution is -2.40. The maximum absolute atomic E-state index is 12.6. The molecule has 3 aromatic rings. The van der Waals surface area contributed by atoms with Crippen molar-refractivity contribution in [2.45, 2.75) is 18.0 Å². The number of amides is 2. The average Bonchev–Trinajstić information content (AvgIpc) is 3.03. The Kier molecular flexibility index (Phi) is 6.32. The molecule has 3 aromatic carbocycles. The van der Waals surface area contributed by atoms with Gasteiger partial charge in [0.15, 0.2) is 11.5 Å². The molecule has 33 heavy (non-hydrogen) atoms. The van der Waals surface area contributed by atoms with Crippen molar-refractivity contribution in [1.29, 1.82) is 0 Å². The predicted octanol–water partition coefficient (Wildman–Crippen LogP) is 2.74. The zero-order chi connectivity index (χ0) is 23.4. The SMILES string of the molecule is COc1cc(CNC(=O)CN2C(=O)c3ccccc3S2(=O)=O)ccc1OCc1ccccc1. The minimum atomic E-state index is -4.03. The number of rotatable bonds is 8. The van der Waals surface area contributed by atoms with Crippen LogP contribution in [0, 0.1) is 0 Å². The van der Waals surface area contributed by atoms with Crippen LogP contribution in [0.4, 0.5) is 0 Å². The summed E-state index contributed by atoms with van der Waals surface area (Å²) in [6, 6.07) is 20.9. The van der Waals surface area contributed by atoms with Crippen molar-refractivity contribution in [1.82, 2.24) is 9.62 Å². The van der Waals surface area contributed by atoms with Crippen molar-refractivity contribution >= 4 is 21.8 Å². The minimum Gasteiger partial charge on any atom is -0.493 e. The number of fused-ring (bicyclic) bond motifs is 1. The van der Waals surface area contributed by atoms with Crippen LogP contribution in [0.2, 0.25) is 0 Å². The van der Waals surface area contributed by atoms with E-state index in [2.05, 4.69) is 5.32 Å². The summed E-state index contributed by atoms with van der Waals surface area (Å²) in [5.41, 5.74) is 1.82. The van der Waals surface area contributed by atoms with Crippen LogP contribution in [0.15, 0.2) is 77.7 Å². The molecule has 9 heteroatoms. The van der Waals surface area contributed by atoms with Gasteiger partial charge >= 0.3 is 0 Å². The second kappa shape index (κ2) is 9.33. The summed E-state index contributed by atoms with van der Waals surface area (Å²) in [7, 11) is -2.51. The van der Waals surface area contributed by atoms with Gasteiger partial charge in [0.25, 0.3) is 15.9 Å². The molecule has 0 fully saturated rings. The molecule has 1 aliphatic rings. The van der Waals surface area contributed by atoms with Crippen molar-refractivity contribution in [2.75, 3.05) is 13.7 Å². The first-order valence-electron chi connectivity index (χ1n) is 10.2. The first kappa shape index (κ1) is 22.3. The molecular formula is C24H22N2O6S. The number of benzene rings is 3. The molecule has 0 spiro atoms. The zero-order valence-electron chi connectivity index (χ0n) is 17.9. The van der Waals surface area contributed by atoms with Crippen LogP contribution in [0.1, 0.15) is 21.5 Å². The third-order valence-electron chi connectivity index (χ3n) is 5.15. The number of ether oxygens (including phenoxy) is 2. The molecule has 1 aliphatic heterocycles. The highest BCUT2D eigenvalue weighted by molar-refractivity contribution is 7.90. The molecule has 0 radical (unpaired) electrons. The number of hydrogen-bond donors (Lipinski definition) is 1. The van der Waals surface area contributed by atoms with E-state index in [4.69, 9.17) is 9.47 Å². The Morgan fingerprint density at radius 1 is 0.939 bits per heavy atom. The number of sulfonamides is 1. The lowest BCUT2D eigenvalue weighted by atomic mass is 10.2. The van der Waals surface area contributed by atoms with E-state index in [0.29, 0.717) is 22.4 Å². The summed E-state index contributed by atoms with van der Waals surface area (Å²) in [6.07, 6.45) is 0. The molecule has 0 saturated heterocycles. The number of nitrogens with one attached hydrogen (secondary N) is 1. The Labute approximate surface area is 191 Å². The summed E-state index contributed by atoms with van der Waals surface area (Å²) >= 11 is 0. The molecule has 0 unspecified atom stereocenters. The highest BCUT2D eigenvalue weighted by Gasteiger charge is 2.41. The fraction of sp³-hybridized carbons (Fsp3) is 0.167. The molecule has 0 bridgehead atoms. The van der Waals surface area contributed by atoms with E-state index in [9.17, 15) is 18.0 Å². The van der Waals surface area contributed by atoms with Crippen molar-refractivity contribution in [3.63, 3.8) is 0 Å². The standard InChI is InChI=1S/C24H22N2O6S/c1-31-21-13-18(11-12-20(21)32-16-17-7-3-2-4-8-17)14-25-23(27)15-26-24(28)19-9-5-6-10-22(19)33(26,29)30/h2-13H,14-16H2,1H3,(H,25,27). The average molecular weight is 467 g/mol.